The molecule has 0 spiro atoms. The van der Waals surface area contributed by atoms with Crippen molar-refractivity contribution in [1.82, 2.24) is 0 Å². The molecule has 0 bridgehead atoms. The van der Waals surface area contributed by atoms with Crippen molar-refractivity contribution in [2.24, 2.45) is 11.8 Å². The molecule has 160 valence electrons. The molecule has 0 fully saturated rings. The molecular formula is C26H26FNO3. The van der Waals surface area contributed by atoms with Gasteiger partial charge in [-0.15, -0.1) is 0 Å². The van der Waals surface area contributed by atoms with Gasteiger partial charge in [0.05, 0.1) is 17.9 Å². The van der Waals surface area contributed by atoms with Crippen LogP contribution < -0.4 is 5.32 Å². The molecule has 0 aliphatic rings. The van der Waals surface area contributed by atoms with Crippen LogP contribution in [-0.2, 0) is 4.79 Å². The highest BCUT2D eigenvalue weighted by Gasteiger charge is 2.41. The summed E-state index contributed by atoms with van der Waals surface area (Å²) >= 11 is 0. The van der Waals surface area contributed by atoms with Crippen molar-refractivity contribution < 1.29 is 19.1 Å². The van der Waals surface area contributed by atoms with Crippen LogP contribution in [0.2, 0.25) is 0 Å². The Balaban J connectivity index is 2.07. The number of anilines is 1. The van der Waals surface area contributed by atoms with E-state index in [2.05, 4.69) is 5.32 Å². The maximum absolute atomic E-state index is 13.6. The van der Waals surface area contributed by atoms with Crippen molar-refractivity contribution in [2.75, 3.05) is 5.32 Å². The number of hydrogen-bond acceptors (Lipinski definition) is 3. The number of Topliss-reactive ketones (excluding diaryl/α,β-unsaturated/α-hetero) is 1. The van der Waals surface area contributed by atoms with Gasteiger partial charge in [0.25, 0.3) is 0 Å². The van der Waals surface area contributed by atoms with Crippen molar-refractivity contribution in [3.63, 3.8) is 0 Å². The van der Waals surface area contributed by atoms with E-state index >= 15 is 0 Å². The normalized spacial score (nSPS) is 14.0. The molecule has 0 saturated carbocycles. The van der Waals surface area contributed by atoms with Gasteiger partial charge in [-0.05, 0) is 47.9 Å². The van der Waals surface area contributed by atoms with E-state index in [9.17, 15) is 19.1 Å². The second-order valence-corrected chi connectivity index (χ2v) is 7.88. The van der Waals surface area contributed by atoms with Crippen LogP contribution in [0.25, 0.3) is 0 Å². The largest absolute Gasteiger partial charge is 0.392 e. The summed E-state index contributed by atoms with van der Waals surface area (Å²) < 4.78 is 13.4. The number of nitrogens with one attached hydrogen (secondary N) is 1. The van der Waals surface area contributed by atoms with E-state index in [0.717, 1.165) is 0 Å². The fraction of sp³-hybridized carbons (Fsp3) is 0.231. The summed E-state index contributed by atoms with van der Waals surface area (Å²) in [6.45, 7) is 3.61. The minimum atomic E-state index is -1.07. The molecule has 0 heterocycles. The smallest absolute Gasteiger partial charge is 0.231 e. The van der Waals surface area contributed by atoms with Crippen LogP contribution in [0.15, 0.2) is 84.9 Å². The maximum atomic E-state index is 13.6. The third kappa shape index (κ3) is 5.44. The SMILES string of the molecule is CC(C)C(O)C(C(=O)Nc1ccccc1)C(C(=O)c1ccc(F)cc1)c1ccccc1. The van der Waals surface area contributed by atoms with E-state index in [1.165, 1.54) is 24.3 Å². The van der Waals surface area contributed by atoms with Gasteiger partial charge >= 0.3 is 0 Å². The van der Waals surface area contributed by atoms with Crippen LogP contribution in [0.3, 0.4) is 0 Å². The van der Waals surface area contributed by atoms with Gasteiger partial charge in [-0.1, -0.05) is 62.4 Å². The Hall–Kier alpha value is -3.31. The number of aliphatic hydroxyl groups is 1. The lowest BCUT2D eigenvalue weighted by molar-refractivity contribution is -0.125. The highest BCUT2D eigenvalue weighted by molar-refractivity contribution is 6.05. The molecule has 5 heteroatoms. The van der Waals surface area contributed by atoms with Crippen molar-refractivity contribution >= 4 is 17.4 Å². The number of amides is 1. The highest BCUT2D eigenvalue weighted by Crippen LogP contribution is 2.34. The summed E-state index contributed by atoms with van der Waals surface area (Å²) in [6.07, 6.45) is -1.07. The summed E-state index contributed by atoms with van der Waals surface area (Å²) in [5.74, 6) is -3.49. The van der Waals surface area contributed by atoms with E-state index in [1.807, 2.05) is 12.1 Å². The van der Waals surface area contributed by atoms with Crippen LogP contribution in [0.5, 0.6) is 0 Å². The zero-order valence-corrected chi connectivity index (χ0v) is 17.5. The average molecular weight is 419 g/mol. The monoisotopic (exact) mass is 419 g/mol. The first kappa shape index (κ1) is 22.4. The van der Waals surface area contributed by atoms with Crippen molar-refractivity contribution in [3.05, 3.63) is 102 Å². The zero-order valence-electron chi connectivity index (χ0n) is 17.5. The quantitative estimate of drug-likeness (QED) is 0.501. The number of aliphatic hydroxyl groups excluding tert-OH is 1. The molecule has 3 rings (SSSR count). The zero-order chi connectivity index (χ0) is 22.4. The third-order valence-electron chi connectivity index (χ3n) is 5.32. The number of halogens is 1. The van der Waals surface area contributed by atoms with Crippen molar-refractivity contribution in [1.29, 1.82) is 0 Å². The number of carbonyl (C=O) groups excluding carboxylic acids is 2. The lowest BCUT2D eigenvalue weighted by Crippen LogP contribution is -2.42. The second-order valence-electron chi connectivity index (χ2n) is 7.88. The minimum Gasteiger partial charge on any atom is -0.392 e. The van der Waals surface area contributed by atoms with Crippen LogP contribution in [0, 0.1) is 17.7 Å². The first-order valence-electron chi connectivity index (χ1n) is 10.3. The fourth-order valence-electron chi connectivity index (χ4n) is 3.64. The Bertz CT molecular complexity index is 1000. The van der Waals surface area contributed by atoms with Gasteiger partial charge in [0, 0.05) is 11.3 Å². The standard InChI is InChI=1S/C26H26FNO3/c1-17(2)24(29)23(26(31)28-21-11-7-4-8-12-21)22(18-9-5-3-6-10-18)25(30)19-13-15-20(27)16-14-19/h3-17,22-24,29H,1-2H3,(H,28,31). The summed E-state index contributed by atoms with van der Waals surface area (Å²) in [4.78, 5) is 26.9. The Labute approximate surface area is 181 Å². The summed E-state index contributed by atoms with van der Waals surface area (Å²) in [6, 6.07) is 23.1. The number of hydrogen-bond donors (Lipinski definition) is 2. The van der Waals surface area contributed by atoms with Crippen molar-refractivity contribution in [2.45, 2.75) is 25.9 Å². The van der Waals surface area contributed by atoms with E-state index < -0.39 is 29.7 Å². The number of carbonyl (C=O) groups is 2. The van der Waals surface area contributed by atoms with Gasteiger partial charge in [-0.25, -0.2) is 4.39 Å². The van der Waals surface area contributed by atoms with Gasteiger partial charge in [0.1, 0.15) is 5.82 Å². The molecular weight excluding hydrogens is 393 g/mol. The first-order valence-corrected chi connectivity index (χ1v) is 10.3. The maximum Gasteiger partial charge on any atom is 0.231 e. The molecule has 3 atom stereocenters. The molecule has 4 nitrogen and oxygen atoms in total. The van der Waals surface area contributed by atoms with E-state index in [1.54, 1.807) is 62.4 Å². The number of ketones is 1. The number of para-hydroxylation sites is 1. The van der Waals surface area contributed by atoms with Crippen LogP contribution in [-0.4, -0.2) is 22.9 Å². The average Bonchev–Trinajstić information content (AvgIpc) is 2.78. The lowest BCUT2D eigenvalue weighted by atomic mass is 9.74. The third-order valence-corrected chi connectivity index (χ3v) is 5.32. The van der Waals surface area contributed by atoms with Gasteiger partial charge < -0.3 is 10.4 Å². The van der Waals surface area contributed by atoms with Crippen LogP contribution >= 0.6 is 0 Å². The molecule has 1 amide bonds. The van der Waals surface area contributed by atoms with Gasteiger partial charge in [-0.2, -0.15) is 0 Å². The van der Waals surface area contributed by atoms with Crippen molar-refractivity contribution in [3.8, 4) is 0 Å². The van der Waals surface area contributed by atoms with E-state index in [4.69, 9.17) is 0 Å². The van der Waals surface area contributed by atoms with Gasteiger partial charge in [0.2, 0.25) is 5.91 Å². The molecule has 0 aliphatic heterocycles. The predicted molar refractivity (Wildman–Crippen MR) is 119 cm³/mol. The first-order chi connectivity index (χ1) is 14.9. The van der Waals surface area contributed by atoms with Gasteiger partial charge in [0.15, 0.2) is 5.78 Å². The van der Waals surface area contributed by atoms with E-state index in [-0.39, 0.29) is 17.3 Å². The second kappa shape index (κ2) is 10.1. The Morgan fingerprint density at radius 3 is 1.94 bits per heavy atom. The number of rotatable bonds is 8. The van der Waals surface area contributed by atoms with Crippen LogP contribution in [0.1, 0.15) is 35.7 Å². The highest BCUT2D eigenvalue weighted by atomic mass is 19.1. The molecule has 3 unspecified atom stereocenters. The summed E-state index contributed by atoms with van der Waals surface area (Å²) in [5.41, 5.74) is 1.47. The summed E-state index contributed by atoms with van der Waals surface area (Å²) in [5, 5.41) is 13.9. The fourth-order valence-corrected chi connectivity index (χ4v) is 3.64. The molecule has 0 aromatic heterocycles. The lowest BCUT2D eigenvalue weighted by Gasteiger charge is -2.31. The molecule has 31 heavy (non-hydrogen) atoms. The van der Waals surface area contributed by atoms with E-state index in [0.29, 0.717) is 11.3 Å². The number of benzene rings is 3. The Kier molecular flexibility index (Phi) is 7.32. The molecule has 3 aromatic rings. The summed E-state index contributed by atoms with van der Waals surface area (Å²) in [7, 11) is 0. The predicted octanol–water partition coefficient (Wildman–Crippen LogP) is 5.06. The minimum absolute atomic E-state index is 0.265. The molecule has 2 N–H and O–H groups in total. The molecule has 0 aliphatic carbocycles. The topological polar surface area (TPSA) is 66.4 Å². The Morgan fingerprint density at radius 1 is 0.839 bits per heavy atom. The van der Waals surface area contributed by atoms with Crippen LogP contribution in [0.4, 0.5) is 10.1 Å². The molecule has 0 radical (unpaired) electrons. The Morgan fingerprint density at radius 2 is 1.39 bits per heavy atom. The molecule has 0 saturated heterocycles. The molecule has 3 aromatic carbocycles. The van der Waals surface area contributed by atoms with Gasteiger partial charge in [-0.3, -0.25) is 9.59 Å².